The maximum absolute atomic E-state index is 5.40. The van der Waals surface area contributed by atoms with E-state index in [9.17, 15) is 0 Å². The lowest BCUT2D eigenvalue weighted by molar-refractivity contribution is 0.317. The van der Waals surface area contributed by atoms with Crippen LogP contribution in [0.15, 0.2) is 0 Å². The Kier molecular flexibility index (Phi) is 9.26. The van der Waals surface area contributed by atoms with Gasteiger partial charge in [-0.2, -0.15) is 0 Å². The molecule has 0 aromatic rings. The summed E-state index contributed by atoms with van der Waals surface area (Å²) in [6.07, 6.45) is 3.82. The molecule has 2 nitrogen and oxygen atoms in total. The quantitative estimate of drug-likeness (QED) is 0.440. The summed E-state index contributed by atoms with van der Waals surface area (Å²) in [6, 6.07) is 0. The first kappa shape index (κ1) is 10.1. The predicted molar refractivity (Wildman–Crippen MR) is 47.7 cm³/mol. The molecule has 0 unspecified atom stereocenters. The van der Waals surface area contributed by atoms with Crippen LogP contribution in [0.1, 0.15) is 33.1 Å². The first-order valence-corrected chi connectivity index (χ1v) is 5.48. The van der Waals surface area contributed by atoms with E-state index in [0.29, 0.717) is 0 Å². The molecule has 0 heterocycles. The van der Waals surface area contributed by atoms with E-state index in [4.69, 9.17) is 4.43 Å². The van der Waals surface area contributed by atoms with Gasteiger partial charge in [0.05, 0.1) is 0 Å². The highest BCUT2D eigenvalue weighted by Gasteiger charge is 1.86. The lowest BCUT2D eigenvalue weighted by Crippen LogP contribution is -2.21. The van der Waals surface area contributed by atoms with E-state index in [1.807, 2.05) is 0 Å². The summed E-state index contributed by atoms with van der Waals surface area (Å²) in [7, 11) is -0.367. The Morgan fingerprint density at radius 2 is 2.10 bits per heavy atom. The Labute approximate surface area is 66.4 Å². The molecule has 0 fully saturated rings. The van der Waals surface area contributed by atoms with E-state index < -0.39 is 0 Å². The van der Waals surface area contributed by atoms with Gasteiger partial charge in [0.25, 0.3) is 0 Å². The van der Waals surface area contributed by atoms with Gasteiger partial charge >= 0.3 is 0 Å². The molecule has 0 saturated heterocycles. The molecule has 0 aliphatic rings. The van der Waals surface area contributed by atoms with Gasteiger partial charge in [0.2, 0.25) is 9.92 Å². The van der Waals surface area contributed by atoms with E-state index in [2.05, 4.69) is 18.8 Å². The van der Waals surface area contributed by atoms with Crippen molar-refractivity contribution in [1.29, 1.82) is 0 Å². The lowest BCUT2D eigenvalue weighted by atomic mass is 10.3. The van der Waals surface area contributed by atoms with Gasteiger partial charge in [0.1, 0.15) is 0 Å². The third-order valence-corrected chi connectivity index (χ3v) is 2.54. The fraction of sp³-hybridized carbons (Fsp3) is 1.00. The molecule has 0 saturated carbocycles. The molecule has 10 heavy (non-hydrogen) atoms. The summed E-state index contributed by atoms with van der Waals surface area (Å²) >= 11 is 0. The second-order valence-corrected chi connectivity index (χ2v) is 3.56. The minimum absolute atomic E-state index is 0.367. The molecule has 0 amide bonds. The molecule has 0 aliphatic carbocycles. The average molecular weight is 161 g/mol. The van der Waals surface area contributed by atoms with E-state index >= 15 is 0 Å². The smallest absolute Gasteiger partial charge is 0.235 e. The van der Waals surface area contributed by atoms with Crippen molar-refractivity contribution in [3.05, 3.63) is 0 Å². The van der Waals surface area contributed by atoms with E-state index in [1.165, 1.54) is 19.3 Å². The van der Waals surface area contributed by atoms with Crippen LogP contribution in [0.4, 0.5) is 0 Å². The molecule has 0 radical (unpaired) electrons. The minimum atomic E-state index is -0.367. The van der Waals surface area contributed by atoms with Crippen molar-refractivity contribution in [2.24, 2.45) is 0 Å². The Balaban J connectivity index is 2.65. The highest BCUT2D eigenvalue weighted by molar-refractivity contribution is 6.23. The molecule has 3 heteroatoms. The summed E-state index contributed by atoms with van der Waals surface area (Å²) in [4.78, 5) is 3.24. The van der Waals surface area contributed by atoms with Crippen LogP contribution in [0.3, 0.4) is 0 Å². The van der Waals surface area contributed by atoms with Gasteiger partial charge in [-0.05, 0) is 13.0 Å². The summed E-state index contributed by atoms with van der Waals surface area (Å²) < 4.78 is 5.40. The van der Waals surface area contributed by atoms with Crippen molar-refractivity contribution in [3.8, 4) is 0 Å². The number of rotatable bonds is 7. The van der Waals surface area contributed by atoms with Gasteiger partial charge in [0, 0.05) is 6.61 Å². The van der Waals surface area contributed by atoms with Crippen LogP contribution in [0.2, 0.25) is 0 Å². The Morgan fingerprint density at radius 3 is 2.70 bits per heavy atom. The first-order valence-electron chi connectivity index (χ1n) is 4.20. The average Bonchev–Trinajstić information content (AvgIpc) is 1.97. The Hall–Kier alpha value is 0.137. The largest absolute Gasteiger partial charge is 0.409 e. The predicted octanol–water partition coefficient (Wildman–Crippen LogP) is 0.801. The standard InChI is InChI=1S/C7H19NOSi/c1-3-5-6-7-9-10-8-4-2/h8H,3-7,10H2,1-2H3. The monoisotopic (exact) mass is 161 g/mol. The highest BCUT2D eigenvalue weighted by Crippen LogP contribution is 1.92. The van der Waals surface area contributed by atoms with Gasteiger partial charge in [0.15, 0.2) is 0 Å². The lowest BCUT2D eigenvalue weighted by Gasteiger charge is -2.01. The zero-order chi connectivity index (χ0) is 7.66. The molecule has 62 valence electrons. The van der Waals surface area contributed by atoms with Crippen molar-refractivity contribution in [2.75, 3.05) is 13.2 Å². The summed E-state index contributed by atoms with van der Waals surface area (Å²) in [5.41, 5.74) is 0. The molecule has 0 aromatic heterocycles. The van der Waals surface area contributed by atoms with E-state index in [-0.39, 0.29) is 9.92 Å². The Bertz CT molecular complexity index is 53.6. The van der Waals surface area contributed by atoms with Gasteiger partial charge in [-0.15, -0.1) is 0 Å². The second kappa shape index (κ2) is 9.14. The minimum Gasteiger partial charge on any atom is -0.409 e. The SMILES string of the molecule is CCCCCO[SiH2]NCC. The van der Waals surface area contributed by atoms with E-state index in [1.54, 1.807) is 0 Å². The fourth-order valence-corrected chi connectivity index (χ4v) is 1.40. The van der Waals surface area contributed by atoms with Crippen LogP contribution in [0, 0.1) is 0 Å². The van der Waals surface area contributed by atoms with Crippen molar-refractivity contribution in [3.63, 3.8) is 0 Å². The number of hydrogen-bond acceptors (Lipinski definition) is 2. The summed E-state index contributed by atoms with van der Waals surface area (Å²) in [6.45, 7) is 6.34. The van der Waals surface area contributed by atoms with Gasteiger partial charge < -0.3 is 9.41 Å². The molecule has 0 rings (SSSR count). The van der Waals surface area contributed by atoms with Crippen molar-refractivity contribution in [2.45, 2.75) is 33.1 Å². The molecule has 0 aliphatic heterocycles. The molecule has 0 spiro atoms. The first-order chi connectivity index (χ1) is 4.91. The topological polar surface area (TPSA) is 21.3 Å². The molecule has 0 bridgehead atoms. The second-order valence-electron chi connectivity index (χ2n) is 2.36. The van der Waals surface area contributed by atoms with Gasteiger partial charge in [-0.3, -0.25) is 0 Å². The normalized spacial score (nSPS) is 11.4. The van der Waals surface area contributed by atoms with Crippen LogP contribution >= 0.6 is 0 Å². The zero-order valence-corrected chi connectivity index (χ0v) is 8.57. The number of unbranched alkanes of at least 4 members (excludes halogenated alkanes) is 2. The van der Waals surface area contributed by atoms with Gasteiger partial charge in [-0.1, -0.05) is 26.7 Å². The van der Waals surface area contributed by atoms with Crippen LogP contribution in [0.25, 0.3) is 0 Å². The third-order valence-electron chi connectivity index (χ3n) is 1.35. The van der Waals surface area contributed by atoms with Crippen LogP contribution in [-0.4, -0.2) is 23.1 Å². The third kappa shape index (κ3) is 8.14. The zero-order valence-electron chi connectivity index (χ0n) is 7.15. The molecule has 0 atom stereocenters. The van der Waals surface area contributed by atoms with Crippen molar-refractivity contribution < 1.29 is 4.43 Å². The highest BCUT2D eigenvalue weighted by atomic mass is 28.2. The maximum Gasteiger partial charge on any atom is 0.235 e. The molecular formula is C7H19NOSi. The maximum atomic E-state index is 5.40. The van der Waals surface area contributed by atoms with Crippen LogP contribution in [0.5, 0.6) is 0 Å². The molecular weight excluding hydrogens is 142 g/mol. The van der Waals surface area contributed by atoms with Crippen molar-refractivity contribution >= 4 is 9.92 Å². The van der Waals surface area contributed by atoms with Crippen molar-refractivity contribution in [1.82, 2.24) is 4.98 Å². The number of nitrogens with one attached hydrogen (secondary N) is 1. The van der Waals surface area contributed by atoms with Crippen LogP contribution in [-0.2, 0) is 4.43 Å². The molecule has 1 N–H and O–H groups in total. The summed E-state index contributed by atoms with van der Waals surface area (Å²) in [5.74, 6) is 0. The Morgan fingerprint density at radius 1 is 1.30 bits per heavy atom. The number of hydrogen-bond donors (Lipinski definition) is 1. The fourth-order valence-electron chi connectivity index (χ4n) is 0.701. The van der Waals surface area contributed by atoms with E-state index in [0.717, 1.165) is 13.2 Å². The van der Waals surface area contributed by atoms with Gasteiger partial charge in [-0.25, -0.2) is 0 Å². The summed E-state index contributed by atoms with van der Waals surface area (Å²) in [5, 5.41) is 0. The molecule has 0 aromatic carbocycles. The van der Waals surface area contributed by atoms with Crippen LogP contribution < -0.4 is 4.98 Å².